The third kappa shape index (κ3) is 6.00. The monoisotopic (exact) mass is 621 g/mol. The van der Waals surface area contributed by atoms with E-state index in [4.69, 9.17) is 42.4 Å². The molecule has 3 aromatic rings. The van der Waals surface area contributed by atoms with Crippen LogP contribution in [0.1, 0.15) is 83.7 Å². The molecule has 5 rings (SSSR count). The van der Waals surface area contributed by atoms with Crippen molar-refractivity contribution < 1.29 is 34.2 Å². The number of halogens is 2. The molecule has 2 heterocycles. The lowest BCUT2D eigenvalue weighted by molar-refractivity contribution is -0.0641. The molecule has 0 amide bonds. The number of hydrogen-bond acceptors (Lipinski definition) is 10. The minimum atomic E-state index is -1.16. The quantitative estimate of drug-likeness (QED) is 0.0965. The van der Waals surface area contributed by atoms with Gasteiger partial charge in [0.05, 0.1) is 41.3 Å². The normalized spacial score (nSPS) is 22.4. The minimum absolute atomic E-state index is 0.103. The molecule has 1 aromatic carbocycles. The van der Waals surface area contributed by atoms with Crippen LogP contribution < -0.4 is 4.74 Å². The summed E-state index contributed by atoms with van der Waals surface area (Å²) in [5.74, 6) is 0.285. The summed E-state index contributed by atoms with van der Waals surface area (Å²) in [6.45, 7) is 1.97. The summed E-state index contributed by atoms with van der Waals surface area (Å²) in [6, 6.07) is 2.99. The SMILES string of the molecule is C\C=C(Cl)/C(=C(Cl)\C=N\O)c1noc(C2CC2)c1COC1CCC(O)(c2nc3c(OC)cc(C(=O)O)cc3s2)CC1. The molecule has 0 aliphatic heterocycles. The van der Waals surface area contributed by atoms with Gasteiger partial charge in [-0.2, -0.15) is 0 Å². The first-order valence-electron chi connectivity index (χ1n) is 13.1. The summed E-state index contributed by atoms with van der Waals surface area (Å²) in [7, 11) is 1.46. The molecule has 0 spiro atoms. The third-order valence-corrected chi connectivity index (χ3v) is 9.34. The molecule has 0 bridgehead atoms. The smallest absolute Gasteiger partial charge is 0.335 e. The Labute approximate surface area is 249 Å². The average molecular weight is 623 g/mol. The Kier molecular flexibility index (Phi) is 8.72. The zero-order valence-corrected chi connectivity index (χ0v) is 24.7. The molecule has 2 aromatic heterocycles. The number of hydrogen-bond donors (Lipinski definition) is 3. The fourth-order valence-electron chi connectivity index (χ4n) is 5.05. The summed E-state index contributed by atoms with van der Waals surface area (Å²) in [6.07, 6.45) is 6.61. The number of nitrogens with zero attached hydrogens (tertiary/aromatic N) is 3. The van der Waals surface area contributed by atoms with E-state index in [1.165, 1.54) is 24.5 Å². The van der Waals surface area contributed by atoms with Crippen molar-refractivity contribution in [3.63, 3.8) is 0 Å². The maximum Gasteiger partial charge on any atom is 0.335 e. The molecule has 0 atom stereocenters. The number of aromatic nitrogens is 2. The first-order chi connectivity index (χ1) is 19.7. The van der Waals surface area contributed by atoms with Gasteiger partial charge in [0.2, 0.25) is 0 Å². The molecule has 0 unspecified atom stereocenters. The molecule has 0 radical (unpaired) electrons. The Morgan fingerprint density at radius 1 is 1.27 bits per heavy atom. The van der Waals surface area contributed by atoms with Gasteiger partial charge < -0.3 is 29.4 Å². The number of carboxylic acid groups (broad SMARTS) is 1. The lowest BCUT2D eigenvalue weighted by atomic mass is 9.83. The Morgan fingerprint density at radius 2 is 2.00 bits per heavy atom. The molecule has 0 saturated heterocycles. The second kappa shape index (κ2) is 12.1. The van der Waals surface area contributed by atoms with Crippen molar-refractivity contribution in [3.8, 4) is 5.75 Å². The predicted molar refractivity (Wildman–Crippen MR) is 155 cm³/mol. The van der Waals surface area contributed by atoms with E-state index in [1.807, 2.05) is 0 Å². The van der Waals surface area contributed by atoms with E-state index in [-0.39, 0.29) is 29.2 Å². The Hall–Kier alpha value is -2.96. The molecule has 2 fully saturated rings. The van der Waals surface area contributed by atoms with Gasteiger partial charge in [-0.1, -0.05) is 39.6 Å². The van der Waals surface area contributed by atoms with Gasteiger partial charge in [-0.25, -0.2) is 9.78 Å². The van der Waals surface area contributed by atoms with Crippen LogP contribution in [-0.4, -0.2) is 51.0 Å². The van der Waals surface area contributed by atoms with Crippen LogP contribution in [0.5, 0.6) is 5.75 Å². The maximum atomic E-state index is 11.5. The fraction of sp³-hybridized carbons (Fsp3) is 0.429. The number of oxime groups is 1. The molecule has 2 aliphatic carbocycles. The highest BCUT2D eigenvalue weighted by molar-refractivity contribution is 7.18. The Morgan fingerprint density at radius 3 is 2.61 bits per heavy atom. The average Bonchev–Trinajstić information content (AvgIpc) is 3.57. The van der Waals surface area contributed by atoms with Gasteiger partial charge in [0.25, 0.3) is 0 Å². The van der Waals surface area contributed by atoms with Crippen LogP contribution in [-0.2, 0) is 16.9 Å². The van der Waals surface area contributed by atoms with Crippen LogP contribution in [0, 0.1) is 0 Å². The van der Waals surface area contributed by atoms with E-state index >= 15 is 0 Å². The topological polar surface area (TPSA) is 148 Å². The van der Waals surface area contributed by atoms with E-state index in [1.54, 1.807) is 19.1 Å². The molecular formula is C28H29Cl2N3O7S. The summed E-state index contributed by atoms with van der Waals surface area (Å²) >= 11 is 14.1. The lowest BCUT2D eigenvalue weighted by Gasteiger charge is -2.34. The minimum Gasteiger partial charge on any atom is -0.494 e. The van der Waals surface area contributed by atoms with Crippen LogP contribution in [0.4, 0.5) is 0 Å². The first-order valence-corrected chi connectivity index (χ1v) is 14.7. The highest BCUT2D eigenvalue weighted by Crippen LogP contribution is 2.46. The lowest BCUT2D eigenvalue weighted by Crippen LogP contribution is -2.34. The summed E-state index contributed by atoms with van der Waals surface area (Å²) < 4.78 is 18.1. The van der Waals surface area contributed by atoms with Gasteiger partial charge >= 0.3 is 5.97 Å². The Balaban J connectivity index is 1.33. The number of carbonyl (C=O) groups is 1. The summed E-state index contributed by atoms with van der Waals surface area (Å²) in [5.41, 5.74) is 1.05. The van der Waals surface area contributed by atoms with E-state index < -0.39 is 11.6 Å². The third-order valence-electron chi connectivity index (χ3n) is 7.45. The van der Waals surface area contributed by atoms with E-state index in [2.05, 4.69) is 15.3 Å². The van der Waals surface area contributed by atoms with Crippen molar-refractivity contribution in [2.75, 3.05) is 7.11 Å². The number of ether oxygens (including phenoxy) is 2. The van der Waals surface area contributed by atoms with Crippen LogP contribution in [0.15, 0.2) is 38.0 Å². The Bertz CT molecular complexity index is 1550. The van der Waals surface area contributed by atoms with Gasteiger partial charge in [0.15, 0.2) is 0 Å². The summed E-state index contributed by atoms with van der Waals surface area (Å²) in [4.78, 5) is 16.2. The van der Waals surface area contributed by atoms with Crippen LogP contribution in [0.25, 0.3) is 15.8 Å². The standard InChI is InChI=1S/C28H29Cl2N3O7S/c1-3-18(29)22(19(30)12-31-37)23-17(25(40-33-23)14-4-5-14)13-39-16-6-8-28(36,9-7-16)27-32-24-20(38-2)10-15(26(34)35)11-21(24)41-27/h3,10-12,14,16,36-37H,4-9,13H2,1-2H3,(H,34,35)/b18-3+,22-19-,31-12+. The van der Waals surface area contributed by atoms with Gasteiger partial charge in [-0.3, -0.25) is 0 Å². The largest absolute Gasteiger partial charge is 0.494 e. The van der Waals surface area contributed by atoms with Crippen molar-refractivity contribution in [1.82, 2.24) is 10.1 Å². The van der Waals surface area contributed by atoms with Gasteiger partial charge in [0.1, 0.15) is 33.3 Å². The van der Waals surface area contributed by atoms with Crippen molar-refractivity contribution >= 4 is 62.5 Å². The molecule has 3 N–H and O–H groups in total. The van der Waals surface area contributed by atoms with Crippen molar-refractivity contribution in [2.24, 2.45) is 5.16 Å². The number of thiazole rings is 1. The number of aliphatic hydroxyl groups is 1. The number of benzene rings is 1. The first kappa shape index (κ1) is 29.5. The van der Waals surface area contributed by atoms with Crippen LogP contribution in [0.2, 0.25) is 0 Å². The zero-order valence-electron chi connectivity index (χ0n) is 22.4. The highest BCUT2D eigenvalue weighted by atomic mass is 35.5. The van der Waals surface area contributed by atoms with Gasteiger partial charge in [0, 0.05) is 22.1 Å². The molecule has 13 heteroatoms. The van der Waals surface area contributed by atoms with Crippen molar-refractivity contribution in [2.45, 2.75) is 69.7 Å². The van der Waals surface area contributed by atoms with Crippen LogP contribution >= 0.6 is 34.5 Å². The number of fused-ring (bicyclic) bond motifs is 1. The number of allylic oxidation sites excluding steroid dienone is 4. The highest BCUT2D eigenvalue weighted by Gasteiger charge is 2.39. The van der Waals surface area contributed by atoms with Crippen LogP contribution in [0.3, 0.4) is 0 Å². The second-order valence-corrected chi connectivity index (χ2v) is 12.0. The number of methoxy groups -OCH3 is 1. The van der Waals surface area contributed by atoms with Gasteiger partial charge in [-0.15, -0.1) is 11.3 Å². The maximum absolute atomic E-state index is 11.5. The van der Waals surface area contributed by atoms with E-state index in [0.29, 0.717) is 63.0 Å². The van der Waals surface area contributed by atoms with E-state index in [0.717, 1.165) is 30.4 Å². The predicted octanol–water partition coefficient (Wildman–Crippen LogP) is 6.77. The van der Waals surface area contributed by atoms with Gasteiger partial charge in [-0.05, 0) is 57.6 Å². The zero-order chi connectivity index (χ0) is 29.3. The van der Waals surface area contributed by atoms with Crippen molar-refractivity contribution in [3.05, 3.63) is 55.9 Å². The number of rotatable bonds is 10. The molecule has 218 valence electrons. The molecule has 2 saturated carbocycles. The molecule has 41 heavy (non-hydrogen) atoms. The van der Waals surface area contributed by atoms with E-state index in [9.17, 15) is 15.0 Å². The number of carboxylic acids is 1. The second-order valence-electron chi connectivity index (χ2n) is 10.1. The molecular weight excluding hydrogens is 593 g/mol. The number of aromatic carboxylic acids is 1. The fourth-order valence-corrected chi connectivity index (χ4v) is 6.69. The summed E-state index contributed by atoms with van der Waals surface area (Å²) in [5, 5.41) is 38.2. The molecule has 2 aliphatic rings. The molecule has 10 nitrogen and oxygen atoms in total. The van der Waals surface area contributed by atoms with Crippen molar-refractivity contribution in [1.29, 1.82) is 0 Å².